The van der Waals surface area contributed by atoms with Gasteiger partial charge in [-0.2, -0.15) is 0 Å². The normalized spacial score (nSPS) is 12.7. The van der Waals surface area contributed by atoms with Crippen LogP contribution in [0.5, 0.6) is 0 Å². The fourth-order valence-corrected chi connectivity index (χ4v) is 3.46. The van der Waals surface area contributed by atoms with Gasteiger partial charge in [-0.15, -0.1) is 0 Å². The van der Waals surface area contributed by atoms with E-state index in [2.05, 4.69) is 15.0 Å². The molecule has 35 heavy (non-hydrogen) atoms. The summed E-state index contributed by atoms with van der Waals surface area (Å²) in [5, 5.41) is 0. The van der Waals surface area contributed by atoms with Crippen LogP contribution in [0.4, 0.5) is 15.4 Å². The lowest BCUT2D eigenvalue weighted by molar-refractivity contribution is -0.0347. The van der Waals surface area contributed by atoms with Gasteiger partial charge in [0, 0.05) is 0 Å². The van der Waals surface area contributed by atoms with Gasteiger partial charge in [-0.25, -0.2) is 24.5 Å². The third-order valence-electron chi connectivity index (χ3n) is 3.99. The quantitative estimate of drug-likeness (QED) is 0.231. The van der Waals surface area contributed by atoms with Crippen molar-refractivity contribution in [1.29, 1.82) is 0 Å². The molecule has 16 heteroatoms. The molecule has 0 bridgehead atoms. The zero-order valence-corrected chi connectivity index (χ0v) is 21.0. The zero-order chi connectivity index (χ0) is 26.0. The Kier molecular flexibility index (Phi) is 10.6. The minimum Gasteiger partial charge on any atom is -0.432 e. The number of anilines is 1. The summed E-state index contributed by atoms with van der Waals surface area (Å²) in [6.07, 6.45) is -0.595. The Labute approximate surface area is 201 Å². The van der Waals surface area contributed by atoms with Crippen molar-refractivity contribution in [3.8, 4) is 0 Å². The van der Waals surface area contributed by atoms with Gasteiger partial charge in [0.1, 0.15) is 18.2 Å². The van der Waals surface area contributed by atoms with E-state index < -0.39 is 52.0 Å². The van der Waals surface area contributed by atoms with Gasteiger partial charge in [-0.3, -0.25) is 13.6 Å². The van der Waals surface area contributed by atoms with Gasteiger partial charge in [0.25, 0.3) is 0 Å². The van der Waals surface area contributed by atoms with E-state index in [0.29, 0.717) is 11.2 Å². The van der Waals surface area contributed by atoms with E-state index in [4.69, 9.17) is 38.5 Å². The van der Waals surface area contributed by atoms with Crippen LogP contribution in [-0.4, -0.2) is 70.6 Å². The molecule has 15 nitrogen and oxygen atoms in total. The van der Waals surface area contributed by atoms with Crippen LogP contribution < -0.4 is 5.73 Å². The first kappa shape index (κ1) is 28.2. The van der Waals surface area contributed by atoms with Crippen LogP contribution in [0.3, 0.4) is 0 Å². The number of carbonyl (C=O) groups is 2. The molecule has 1 atom stereocenters. The van der Waals surface area contributed by atoms with Crippen LogP contribution in [0.15, 0.2) is 12.7 Å². The Bertz CT molecular complexity index is 999. The number of ether oxygens (including phenoxy) is 5. The number of fused-ring (bicyclic) bond motifs is 1. The first-order chi connectivity index (χ1) is 16.5. The van der Waals surface area contributed by atoms with E-state index in [9.17, 15) is 14.2 Å². The fourth-order valence-electron chi connectivity index (χ4n) is 2.48. The van der Waals surface area contributed by atoms with E-state index in [1.165, 1.54) is 12.7 Å². The molecule has 0 aliphatic heterocycles. The molecule has 0 radical (unpaired) electrons. The number of nitrogens with zero attached hydrogens (tertiary/aromatic N) is 4. The monoisotopic (exact) mass is 519 g/mol. The Morgan fingerprint density at radius 2 is 1.54 bits per heavy atom. The number of hydrogen-bond donors (Lipinski definition) is 1. The first-order valence-corrected chi connectivity index (χ1v) is 12.3. The average Bonchev–Trinajstić information content (AvgIpc) is 3.18. The average molecular weight is 519 g/mol. The standard InChI is InChI=1S/C19H30N5O10P/c1-12(2)33-18(25)29-9-31-35(27,32-10-30-19(26)34-13(3)4)11-28-6-14(5)24-8-23-15-16(20)21-7-22-17(15)24/h7-8,12-14H,6,9-11H2,1-5H3,(H2,20,21,22)/t14-/m0/s1. The summed E-state index contributed by atoms with van der Waals surface area (Å²) in [6, 6.07) is -0.308. The van der Waals surface area contributed by atoms with Crippen molar-refractivity contribution in [1.82, 2.24) is 19.5 Å². The third-order valence-corrected chi connectivity index (χ3v) is 5.48. The van der Waals surface area contributed by atoms with Crippen LogP contribution >= 0.6 is 7.60 Å². The highest BCUT2D eigenvalue weighted by molar-refractivity contribution is 7.53. The van der Waals surface area contributed by atoms with E-state index in [0.717, 1.165) is 0 Å². The maximum atomic E-state index is 13.1. The molecule has 196 valence electrons. The zero-order valence-electron chi connectivity index (χ0n) is 20.1. The van der Waals surface area contributed by atoms with Crippen molar-refractivity contribution < 1.29 is 46.9 Å². The highest BCUT2D eigenvalue weighted by Gasteiger charge is 2.28. The van der Waals surface area contributed by atoms with Gasteiger partial charge in [0.15, 0.2) is 11.5 Å². The smallest absolute Gasteiger partial charge is 0.432 e. The van der Waals surface area contributed by atoms with E-state index in [1.54, 1.807) is 32.3 Å². The van der Waals surface area contributed by atoms with Crippen molar-refractivity contribution in [2.75, 3.05) is 32.3 Å². The predicted octanol–water partition coefficient (Wildman–Crippen LogP) is 3.21. The summed E-state index contributed by atoms with van der Waals surface area (Å²) in [6.45, 7) is 6.86. The van der Waals surface area contributed by atoms with Crippen molar-refractivity contribution in [3.63, 3.8) is 0 Å². The van der Waals surface area contributed by atoms with Gasteiger partial charge in [-0.05, 0) is 34.6 Å². The van der Waals surface area contributed by atoms with Crippen molar-refractivity contribution in [2.45, 2.75) is 52.9 Å². The second kappa shape index (κ2) is 13.2. The molecule has 2 N–H and O–H groups in total. The maximum absolute atomic E-state index is 13.1. The minimum atomic E-state index is -4.05. The molecular weight excluding hydrogens is 489 g/mol. The Hall–Kier alpha value is -3.00. The molecule has 0 unspecified atom stereocenters. The Morgan fingerprint density at radius 3 is 2.09 bits per heavy atom. The molecule has 2 aromatic heterocycles. The summed E-state index contributed by atoms with van der Waals surface area (Å²) in [4.78, 5) is 35.3. The fraction of sp³-hybridized carbons (Fsp3) is 0.632. The second-order valence-corrected chi connectivity index (χ2v) is 9.65. The first-order valence-electron chi connectivity index (χ1n) is 10.6. The maximum Gasteiger partial charge on any atom is 0.510 e. The summed E-state index contributed by atoms with van der Waals surface area (Å²) in [7, 11) is -4.05. The molecule has 2 heterocycles. The number of carbonyl (C=O) groups excluding carboxylic acids is 2. The molecule has 0 spiro atoms. The molecule has 0 aromatic carbocycles. The lowest BCUT2D eigenvalue weighted by Crippen LogP contribution is -2.18. The van der Waals surface area contributed by atoms with E-state index in [1.807, 2.05) is 6.92 Å². The molecular formula is C19H30N5O10P. The Balaban J connectivity index is 1.95. The molecule has 0 amide bonds. The number of aromatic nitrogens is 4. The van der Waals surface area contributed by atoms with Gasteiger partial charge in [-0.1, -0.05) is 0 Å². The van der Waals surface area contributed by atoms with Crippen LogP contribution in [0.25, 0.3) is 11.2 Å². The van der Waals surface area contributed by atoms with Crippen LogP contribution in [0, 0.1) is 0 Å². The molecule has 0 aliphatic carbocycles. The van der Waals surface area contributed by atoms with Crippen molar-refractivity contribution in [2.24, 2.45) is 0 Å². The molecule has 2 aromatic rings. The van der Waals surface area contributed by atoms with E-state index in [-0.39, 0.29) is 18.5 Å². The van der Waals surface area contributed by atoms with Gasteiger partial charge in [0.05, 0.1) is 31.2 Å². The molecule has 0 saturated carbocycles. The lowest BCUT2D eigenvalue weighted by atomic mass is 10.3. The van der Waals surface area contributed by atoms with Crippen molar-refractivity contribution >= 4 is 36.9 Å². The minimum absolute atomic E-state index is 0.0403. The number of imidazole rings is 1. The molecule has 2 rings (SSSR count). The molecule has 0 fully saturated rings. The Morgan fingerprint density at radius 1 is 0.971 bits per heavy atom. The molecule has 0 saturated heterocycles. The topological polar surface area (TPSA) is 185 Å². The number of rotatable bonds is 13. The predicted molar refractivity (Wildman–Crippen MR) is 120 cm³/mol. The number of nitrogens with two attached hydrogens (primary N) is 1. The van der Waals surface area contributed by atoms with Gasteiger partial charge >= 0.3 is 19.9 Å². The number of hydrogen-bond acceptors (Lipinski definition) is 14. The summed E-state index contributed by atoms with van der Waals surface area (Å²) in [5.41, 5.74) is 6.73. The van der Waals surface area contributed by atoms with Crippen LogP contribution in [0.2, 0.25) is 0 Å². The van der Waals surface area contributed by atoms with Crippen molar-refractivity contribution in [3.05, 3.63) is 12.7 Å². The SMILES string of the molecule is CC(C)OC(=O)OCOP(=O)(COC[C@H](C)n1cnc2c(N)ncnc21)OCOC(=O)OC(C)C. The lowest BCUT2D eigenvalue weighted by Gasteiger charge is -2.20. The number of nitrogen functional groups attached to an aromatic ring is 1. The highest BCUT2D eigenvalue weighted by atomic mass is 31.2. The molecule has 0 aliphatic rings. The van der Waals surface area contributed by atoms with Gasteiger partial charge in [0.2, 0.25) is 13.6 Å². The van der Waals surface area contributed by atoms with Crippen LogP contribution in [-0.2, 0) is 37.3 Å². The van der Waals surface area contributed by atoms with Gasteiger partial charge < -0.3 is 34.0 Å². The van der Waals surface area contributed by atoms with Crippen LogP contribution in [0.1, 0.15) is 40.7 Å². The second-order valence-electron chi connectivity index (χ2n) is 7.66. The van der Waals surface area contributed by atoms with E-state index >= 15 is 0 Å². The summed E-state index contributed by atoms with van der Waals surface area (Å²) >= 11 is 0. The summed E-state index contributed by atoms with van der Waals surface area (Å²) in [5.74, 6) is 0.236. The summed E-state index contributed by atoms with van der Waals surface area (Å²) < 4.78 is 49.5. The highest BCUT2D eigenvalue weighted by Crippen LogP contribution is 2.48. The largest absolute Gasteiger partial charge is 0.510 e. The third kappa shape index (κ3) is 9.28.